The maximum Gasteiger partial charge on any atom is 0.410 e. The Morgan fingerprint density at radius 2 is 1.32 bits per heavy atom. The van der Waals surface area contributed by atoms with E-state index in [2.05, 4.69) is 25.1 Å². The Labute approximate surface area is 227 Å². The summed E-state index contributed by atoms with van der Waals surface area (Å²) >= 11 is 0. The van der Waals surface area contributed by atoms with Gasteiger partial charge in [-0.25, -0.2) is 14.8 Å². The van der Waals surface area contributed by atoms with Crippen LogP contribution in [0, 0.1) is 0 Å². The van der Waals surface area contributed by atoms with E-state index in [1.54, 1.807) is 17.3 Å². The van der Waals surface area contributed by atoms with Crippen molar-refractivity contribution in [1.29, 1.82) is 0 Å². The van der Waals surface area contributed by atoms with Crippen molar-refractivity contribution in [3.05, 3.63) is 47.8 Å². The molecule has 10 nitrogen and oxygen atoms in total. The van der Waals surface area contributed by atoms with E-state index in [1.807, 2.05) is 45.0 Å². The van der Waals surface area contributed by atoms with Gasteiger partial charge < -0.3 is 35.0 Å². The van der Waals surface area contributed by atoms with Crippen molar-refractivity contribution in [2.75, 3.05) is 62.2 Å². The van der Waals surface area contributed by atoms with E-state index < -0.39 is 5.60 Å². The molecule has 2 aromatic rings. The molecule has 2 aromatic heterocycles. The second kappa shape index (κ2) is 15.6. The number of nitrogens with one attached hydrogen (secondary N) is 1. The van der Waals surface area contributed by atoms with E-state index in [-0.39, 0.29) is 39.1 Å². The van der Waals surface area contributed by atoms with Crippen LogP contribution < -0.4 is 15.1 Å². The van der Waals surface area contributed by atoms with Gasteiger partial charge in [0.05, 0.1) is 13.2 Å². The number of carbonyl (C=O) groups excluding carboxylic acids is 1. The van der Waals surface area contributed by atoms with Gasteiger partial charge in [-0.05, 0) is 44.0 Å². The minimum absolute atomic E-state index is 0. The fraction of sp³-hybridized carbons (Fsp3) is 0.577. The molecule has 2 aliphatic heterocycles. The molecule has 0 bridgehead atoms. The Hall–Kier alpha value is -2.66. The first-order chi connectivity index (χ1) is 16.8. The second-order valence-corrected chi connectivity index (χ2v) is 9.56. The first-order valence-electron chi connectivity index (χ1n) is 12.1. The van der Waals surface area contributed by atoms with Gasteiger partial charge in [-0.15, -0.1) is 12.4 Å². The lowest BCUT2D eigenvalue weighted by atomic mass is 10.2. The van der Waals surface area contributed by atoms with Gasteiger partial charge in [0, 0.05) is 64.8 Å². The molecule has 0 atom stereocenters. The fourth-order valence-corrected chi connectivity index (χ4v) is 3.73. The van der Waals surface area contributed by atoms with Crippen LogP contribution in [-0.2, 0) is 18.0 Å². The molecule has 0 saturated carbocycles. The Morgan fingerprint density at radius 1 is 0.865 bits per heavy atom. The molecular weight excluding hydrogens is 496 g/mol. The lowest BCUT2D eigenvalue weighted by Gasteiger charge is -2.36. The topological polar surface area (TPSA) is 114 Å². The number of carbonyl (C=O) groups is 1. The minimum atomic E-state index is -0.462. The molecule has 0 spiro atoms. The van der Waals surface area contributed by atoms with Crippen molar-refractivity contribution in [3.8, 4) is 0 Å². The summed E-state index contributed by atoms with van der Waals surface area (Å²) < 4.78 is 5.37. The van der Waals surface area contributed by atoms with Crippen molar-refractivity contribution < 1.29 is 19.7 Å². The predicted octanol–water partition coefficient (Wildman–Crippen LogP) is 2.67. The van der Waals surface area contributed by atoms with Crippen molar-refractivity contribution in [2.45, 2.75) is 47.0 Å². The number of nitrogens with zero attached hydrogens (tertiary/aromatic N) is 5. The highest BCUT2D eigenvalue weighted by atomic mass is 35.5. The molecule has 0 aromatic carbocycles. The third kappa shape index (κ3) is 10.3. The summed E-state index contributed by atoms with van der Waals surface area (Å²) in [7, 11) is 0. The van der Waals surface area contributed by atoms with Crippen LogP contribution in [0.2, 0.25) is 0 Å². The van der Waals surface area contributed by atoms with Crippen LogP contribution in [0.4, 0.5) is 16.4 Å². The molecular formula is C26H43ClN6O4. The zero-order chi connectivity index (χ0) is 25.3. The predicted molar refractivity (Wildman–Crippen MR) is 149 cm³/mol. The molecule has 37 heavy (non-hydrogen) atoms. The molecule has 11 heteroatoms. The van der Waals surface area contributed by atoms with Crippen LogP contribution in [0.1, 0.15) is 39.3 Å². The minimum Gasteiger partial charge on any atom is -0.444 e. The third-order valence-electron chi connectivity index (χ3n) is 5.68. The molecule has 0 aliphatic carbocycles. The number of aliphatic hydroxyl groups is 2. The van der Waals surface area contributed by atoms with Gasteiger partial charge in [0.15, 0.2) is 0 Å². The summed E-state index contributed by atoms with van der Waals surface area (Å²) in [4.78, 5) is 26.7. The average molecular weight is 539 g/mol. The summed E-state index contributed by atoms with van der Waals surface area (Å²) in [5.74, 6) is 1.87. The number of ether oxygens (including phenoxy) is 1. The number of piperazine rings is 2. The third-order valence-corrected chi connectivity index (χ3v) is 5.68. The van der Waals surface area contributed by atoms with Crippen LogP contribution in [0.25, 0.3) is 0 Å². The van der Waals surface area contributed by atoms with Crippen molar-refractivity contribution in [1.82, 2.24) is 20.2 Å². The monoisotopic (exact) mass is 538 g/mol. The van der Waals surface area contributed by atoms with E-state index in [9.17, 15) is 4.79 Å². The normalized spacial score (nSPS) is 15.5. The van der Waals surface area contributed by atoms with Gasteiger partial charge in [0.2, 0.25) is 0 Å². The van der Waals surface area contributed by atoms with Gasteiger partial charge in [-0.2, -0.15) is 0 Å². The maximum atomic E-state index is 12.0. The standard InChI is InChI=1S/C15H23N3O3.C10H15N3O.CH4.ClH/c1-15(2,3)21-14(20)18-8-6-17(7-9-18)13-5-4-12(11-19)10-16-13;14-8-9-1-2-10(12-7-9)13-5-3-11-4-6-13;;/h4-5,10,19H,6-9,11H2,1-3H3;1-2,7,11,14H,3-6,8H2;1H4;1H. The number of pyridine rings is 2. The van der Waals surface area contributed by atoms with Crippen molar-refractivity contribution in [2.24, 2.45) is 0 Å². The van der Waals surface area contributed by atoms with Crippen LogP contribution in [0.5, 0.6) is 0 Å². The van der Waals surface area contributed by atoms with E-state index in [4.69, 9.17) is 14.9 Å². The summed E-state index contributed by atoms with van der Waals surface area (Å²) in [5.41, 5.74) is 1.20. The van der Waals surface area contributed by atoms with Crippen molar-refractivity contribution >= 4 is 30.1 Å². The molecule has 1 amide bonds. The molecule has 2 saturated heterocycles. The Morgan fingerprint density at radius 3 is 1.70 bits per heavy atom. The highest BCUT2D eigenvalue weighted by Gasteiger charge is 2.26. The molecule has 2 aliphatic rings. The number of aromatic nitrogens is 2. The maximum absolute atomic E-state index is 12.0. The number of rotatable bonds is 4. The average Bonchev–Trinajstić information content (AvgIpc) is 2.89. The van der Waals surface area contributed by atoms with Gasteiger partial charge in [-0.3, -0.25) is 0 Å². The number of amides is 1. The number of halogens is 1. The van der Waals surface area contributed by atoms with E-state index >= 15 is 0 Å². The molecule has 4 heterocycles. The van der Waals surface area contributed by atoms with Crippen LogP contribution in [0.3, 0.4) is 0 Å². The van der Waals surface area contributed by atoms with Crippen LogP contribution >= 0.6 is 12.4 Å². The zero-order valence-corrected chi connectivity index (χ0v) is 22.2. The van der Waals surface area contributed by atoms with E-state index in [1.165, 1.54) is 0 Å². The SMILES string of the molecule is C.CC(C)(C)OC(=O)N1CCN(c2ccc(CO)cn2)CC1.Cl.OCc1ccc(N2CCNCC2)nc1. The second-order valence-electron chi connectivity index (χ2n) is 9.56. The van der Waals surface area contributed by atoms with Crippen molar-refractivity contribution in [3.63, 3.8) is 0 Å². The molecule has 0 unspecified atom stereocenters. The summed E-state index contributed by atoms with van der Waals surface area (Å²) in [6.45, 7) is 12.4. The number of aliphatic hydroxyl groups excluding tert-OH is 2. The van der Waals surface area contributed by atoms with Gasteiger partial charge >= 0.3 is 6.09 Å². The molecule has 3 N–H and O–H groups in total. The highest BCUT2D eigenvalue weighted by Crippen LogP contribution is 2.16. The summed E-state index contributed by atoms with van der Waals surface area (Å²) in [6, 6.07) is 7.65. The Bertz CT molecular complexity index is 910. The quantitative estimate of drug-likeness (QED) is 0.540. The number of anilines is 2. The van der Waals surface area contributed by atoms with Gasteiger partial charge in [-0.1, -0.05) is 19.6 Å². The summed E-state index contributed by atoms with van der Waals surface area (Å²) in [5, 5.41) is 21.2. The highest BCUT2D eigenvalue weighted by molar-refractivity contribution is 5.85. The number of hydrogen-bond donors (Lipinski definition) is 3. The number of hydrogen-bond acceptors (Lipinski definition) is 9. The van der Waals surface area contributed by atoms with E-state index in [0.717, 1.165) is 62.0 Å². The van der Waals surface area contributed by atoms with Gasteiger partial charge in [0.25, 0.3) is 0 Å². The van der Waals surface area contributed by atoms with Gasteiger partial charge in [0.1, 0.15) is 17.2 Å². The first kappa shape index (κ1) is 32.4. The summed E-state index contributed by atoms with van der Waals surface area (Å²) in [6.07, 6.45) is 3.15. The first-order valence-corrected chi connectivity index (χ1v) is 12.1. The Kier molecular flexibility index (Phi) is 13.6. The largest absolute Gasteiger partial charge is 0.444 e. The zero-order valence-electron chi connectivity index (χ0n) is 21.4. The molecule has 2 fully saturated rings. The molecule has 0 radical (unpaired) electrons. The lowest BCUT2D eigenvalue weighted by Crippen LogP contribution is -2.50. The van der Waals surface area contributed by atoms with E-state index in [0.29, 0.717) is 13.1 Å². The smallest absolute Gasteiger partial charge is 0.410 e. The lowest BCUT2D eigenvalue weighted by molar-refractivity contribution is 0.0240. The van der Waals surface area contributed by atoms with Crippen LogP contribution in [-0.4, -0.2) is 89.1 Å². The fourth-order valence-electron chi connectivity index (χ4n) is 3.73. The Balaban J connectivity index is 0.000000375. The molecule has 208 valence electrons. The van der Waals surface area contributed by atoms with Crippen LogP contribution in [0.15, 0.2) is 36.7 Å². The molecule has 4 rings (SSSR count).